The number of rotatable bonds is 10. The monoisotopic (exact) mass is 543 g/mol. The molecule has 0 spiro atoms. The van der Waals surface area contributed by atoms with Crippen LogP contribution in [0, 0.1) is 10.1 Å². The zero-order chi connectivity index (χ0) is 28.6. The van der Waals surface area contributed by atoms with E-state index in [9.17, 15) is 24.5 Å². The van der Waals surface area contributed by atoms with Gasteiger partial charge in [0.1, 0.15) is 5.82 Å². The van der Waals surface area contributed by atoms with Crippen LogP contribution in [-0.2, 0) is 22.5 Å². The average molecular weight is 544 g/mol. The molecule has 0 aliphatic rings. The van der Waals surface area contributed by atoms with Crippen molar-refractivity contribution in [2.24, 2.45) is 0 Å². The number of para-hydroxylation sites is 1. The second-order valence-corrected chi connectivity index (χ2v) is 9.11. The van der Waals surface area contributed by atoms with Crippen LogP contribution in [0.1, 0.15) is 30.8 Å². The van der Waals surface area contributed by atoms with Crippen molar-refractivity contribution in [1.29, 1.82) is 0 Å². The number of hydrogen-bond donors (Lipinski definition) is 1. The number of nitro benzene ring substituents is 1. The van der Waals surface area contributed by atoms with Crippen molar-refractivity contribution >= 4 is 34.3 Å². The van der Waals surface area contributed by atoms with E-state index >= 15 is 0 Å². The van der Waals surface area contributed by atoms with Gasteiger partial charge >= 0.3 is 12.0 Å². The van der Waals surface area contributed by atoms with E-state index in [0.717, 1.165) is 5.56 Å². The van der Waals surface area contributed by atoms with E-state index < -0.39 is 23.0 Å². The Kier molecular flexibility index (Phi) is 8.85. The van der Waals surface area contributed by atoms with Gasteiger partial charge in [-0.1, -0.05) is 42.5 Å². The van der Waals surface area contributed by atoms with Crippen LogP contribution in [0.15, 0.2) is 83.7 Å². The first kappa shape index (κ1) is 28.0. The highest BCUT2D eigenvalue weighted by Gasteiger charge is 2.27. The highest BCUT2D eigenvalue weighted by molar-refractivity contribution is 5.89. The number of carbonyl (C=O) groups is 2. The number of urea groups is 1. The molecule has 11 heteroatoms. The quantitative estimate of drug-likeness (QED) is 0.174. The Morgan fingerprint density at radius 1 is 1.05 bits per heavy atom. The van der Waals surface area contributed by atoms with Crippen molar-refractivity contribution in [1.82, 2.24) is 14.5 Å². The summed E-state index contributed by atoms with van der Waals surface area (Å²) in [6.45, 7) is 2.08. The summed E-state index contributed by atoms with van der Waals surface area (Å²) in [4.78, 5) is 55.9. The van der Waals surface area contributed by atoms with Gasteiger partial charge in [0, 0.05) is 30.9 Å². The molecule has 1 unspecified atom stereocenters. The topological polar surface area (TPSA) is 137 Å². The Morgan fingerprint density at radius 2 is 1.73 bits per heavy atom. The second-order valence-electron chi connectivity index (χ2n) is 9.11. The van der Waals surface area contributed by atoms with Crippen molar-refractivity contribution in [3.05, 3.63) is 111 Å². The molecule has 40 heavy (non-hydrogen) atoms. The lowest BCUT2D eigenvalue weighted by atomic mass is 10.1. The number of anilines is 1. The molecule has 11 nitrogen and oxygen atoms in total. The summed E-state index contributed by atoms with van der Waals surface area (Å²) >= 11 is 0. The van der Waals surface area contributed by atoms with E-state index in [2.05, 4.69) is 5.32 Å². The molecule has 206 valence electrons. The van der Waals surface area contributed by atoms with Crippen LogP contribution in [0.3, 0.4) is 0 Å². The summed E-state index contributed by atoms with van der Waals surface area (Å²) < 4.78 is 6.19. The minimum Gasteiger partial charge on any atom is -0.469 e. The molecule has 2 amide bonds. The number of nitrogens with zero attached hydrogens (tertiary/aromatic N) is 4. The third-order valence-electron chi connectivity index (χ3n) is 6.57. The first-order valence-electron chi connectivity index (χ1n) is 12.7. The van der Waals surface area contributed by atoms with Crippen LogP contribution < -0.4 is 10.9 Å². The molecule has 0 aliphatic heterocycles. The Bertz CT molecular complexity index is 1570. The molecule has 1 aromatic heterocycles. The Labute approximate surface area is 230 Å². The van der Waals surface area contributed by atoms with E-state index in [1.54, 1.807) is 36.1 Å². The lowest BCUT2D eigenvalue weighted by Crippen LogP contribution is -2.41. The van der Waals surface area contributed by atoms with Crippen LogP contribution in [0.5, 0.6) is 0 Å². The molecule has 0 aliphatic carbocycles. The summed E-state index contributed by atoms with van der Waals surface area (Å²) in [5.41, 5.74) is 1.44. The number of benzene rings is 3. The normalized spacial score (nSPS) is 11.6. The molecule has 1 heterocycles. The zero-order valence-corrected chi connectivity index (χ0v) is 22.1. The largest absolute Gasteiger partial charge is 0.469 e. The van der Waals surface area contributed by atoms with Gasteiger partial charge in [-0.25, -0.2) is 9.78 Å². The highest BCUT2D eigenvalue weighted by atomic mass is 16.6. The molecule has 1 N–H and O–H groups in total. The van der Waals surface area contributed by atoms with Crippen LogP contribution in [0.4, 0.5) is 16.2 Å². The maximum absolute atomic E-state index is 13.6. The van der Waals surface area contributed by atoms with Crippen molar-refractivity contribution in [2.45, 2.75) is 32.4 Å². The Morgan fingerprint density at radius 3 is 2.40 bits per heavy atom. The number of nitrogens with one attached hydrogen (secondary N) is 1. The van der Waals surface area contributed by atoms with E-state index in [-0.39, 0.29) is 30.8 Å². The number of fused-ring (bicyclic) bond motifs is 1. The second kappa shape index (κ2) is 12.7. The van der Waals surface area contributed by atoms with E-state index in [1.807, 2.05) is 30.3 Å². The van der Waals surface area contributed by atoms with Crippen LogP contribution in [0.25, 0.3) is 10.9 Å². The average Bonchev–Trinajstić information content (AvgIpc) is 2.97. The number of methoxy groups -OCH3 is 1. The summed E-state index contributed by atoms with van der Waals surface area (Å²) in [6, 6.07) is 20.9. The number of carbonyl (C=O) groups excluding carboxylic acids is 2. The number of aromatic nitrogens is 2. The molecule has 0 radical (unpaired) electrons. The molecule has 4 rings (SSSR count). The molecule has 4 aromatic rings. The minimum absolute atomic E-state index is 0.0273. The third kappa shape index (κ3) is 6.49. The van der Waals surface area contributed by atoms with E-state index in [4.69, 9.17) is 9.72 Å². The summed E-state index contributed by atoms with van der Waals surface area (Å²) in [5.74, 6) is -0.157. The number of amides is 2. The number of hydrogen-bond acceptors (Lipinski definition) is 7. The van der Waals surface area contributed by atoms with Gasteiger partial charge in [-0.05, 0) is 43.2 Å². The van der Waals surface area contributed by atoms with Crippen LogP contribution >= 0.6 is 0 Å². The van der Waals surface area contributed by atoms with E-state index in [1.165, 1.54) is 35.9 Å². The minimum atomic E-state index is -0.684. The molecular weight excluding hydrogens is 514 g/mol. The molecule has 0 saturated heterocycles. The summed E-state index contributed by atoms with van der Waals surface area (Å²) in [6.07, 6.45) is 0.480. The molecule has 0 saturated carbocycles. The first-order valence-corrected chi connectivity index (χ1v) is 12.7. The maximum atomic E-state index is 13.6. The van der Waals surface area contributed by atoms with Gasteiger partial charge in [-0.15, -0.1) is 0 Å². The smallest absolute Gasteiger partial charge is 0.322 e. The van der Waals surface area contributed by atoms with Crippen molar-refractivity contribution in [3.63, 3.8) is 0 Å². The van der Waals surface area contributed by atoms with Gasteiger partial charge in [-0.3, -0.25) is 24.3 Å². The molecular formula is C29H29N5O6. The van der Waals surface area contributed by atoms with Gasteiger partial charge < -0.3 is 15.0 Å². The van der Waals surface area contributed by atoms with Crippen LogP contribution in [0.2, 0.25) is 0 Å². The zero-order valence-electron chi connectivity index (χ0n) is 22.1. The van der Waals surface area contributed by atoms with Gasteiger partial charge in [0.05, 0.1) is 35.4 Å². The third-order valence-corrected chi connectivity index (χ3v) is 6.57. The van der Waals surface area contributed by atoms with Gasteiger partial charge in [0.25, 0.3) is 11.2 Å². The van der Waals surface area contributed by atoms with Crippen molar-refractivity contribution in [3.8, 4) is 0 Å². The lowest BCUT2D eigenvalue weighted by molar-refractivity contribution is -0.384. The summed E-state index contributed by atoms with van der Waals surface area (Å²) in [7, 11) is 1.28. The number of ether oxygens (including phenoxy) is 1. The van der Waals surface area contributed by atoms with Gasteiger partial charge in [0.2, 0.25) is 0 Å². The fourth-order valence-corrected chi connectivity index (χ4v) is 4.39. The van der Waals surface area contributed by atoms with Crippen molar-refractivity contribution < 1.29 is 19.2 Å². The fourth-order valence-electron chi connectivity index (χ4n) is 4.39. The van der Waals surface area contributed by atoms with Gasteiger partial charge in [-0.2, -0.15) is 0 Å². The Balaban J connectivity index is 1.72. The van der Waals surface area contributed by atoms with Crippen LogP contribution in [-0.4, -0.2) is 45.0 Å². The predicted molar refractivity (Wildman–Crippen MR) is 150 cm³/mol. The number of esters is 1. The number of non-ortho nitro benzene ring substituents is 1. The summed E-state index contributed by atoms with van der Waals surface area (Å²) in [5, 5.41) is 14.2. The SMILES string of the molecule is COC(=O)CCn1c(C(C)N(CCc2ccccc2)C(=O)Nc2ccc([N+](=O)[O-])cc2)nc2ccccc2c1=O. The van der Waals surface area contributed by atoms with E-state index in [0.29, 0.717) is 28.8 Å². The molecule has 3 aromatic carbocycles. The lowest BCUT2D eigenvalue weighted by Gasteiger charge is -2.30. The maximum Gasteiger partial charge on any atom is 0.322 e. The highest BCUT2D eigenvalue weighted by Crippen LogP contribution is 2.23. The Hall–Kier alpha value is -5.06. The fraction of sp³-hybridized carbons (Fsp3) is 0.241. The first-order chi connectivity index (χ1) is 19.3. The number of nitro groups is 1. The molecule has 0 fully saturated rings. The predicted octanol–water partition coefficient (Wildman–Crippen LogP) is 4.71. The molecule has 0 bridgehead atoms. The standard InChI is InChI=1S/C29H29N5O6/c1-20(27-31-25-11-7-6-10-24(25)28(36)33(27)19-17-26(35)40-2)32(18-16-21-8-4-3-5-9-21)29(37)30-22-12-14-23(15-13-22)34(38)39/h3-15,20H,16-19H2,1-2H3,(H,30,37). The van der Waals surface area contributed by atoms with Crippen molar-refractivity contribution in [2.75, 3.05) is 19.0 Å². The van der Waals surface area contributed by atoms with Gasteiger partial charge in [0.15, 0.2) is 0 Å². The molecule has 1 atom stereocenters.